The molecule has 0 bridgehead atoms. The lowest BCUT2D eigenvalue weighted by Crippen LogP contribution is -2.28. The normalized spacial score (nSPS) is 25.2. The molecule has 2 unspecified atom stereocenters. The maximum Gasteiger partial charge on any atom is 0.151 e. The first-order valence-electron chi connectivity index (χ1n) is 6.98. The molecule has 0 amide bonds. The van der Waals surface area contributed by atoms with Crippen LogP contribution in [0, 0.1) is 18.8 Å². The van der Waals surface area contributed by atoms with Gasteiger partial charge in [-0.15, -0.1) is 35.0 Å². The Bertz CT molecular complexity index is 644. The summed E-state index contributed by atoms with van der Waals surface area (Å²) in [5, 5.41) is 13.1. The summed E-state index contributed by atoms with van der Waals surface area (Å²) < 4.78 is 1.80. The lowest BCUT2D eigenvalue weighted by molar-refractivity contribution is 0.729. The Balaban J connectivity index is 0.000000882. The molecule has 0 aromatic carbocycles. The van der Waals surface area contributed by atoms with E-state index in [4.69, 9.17) is 5.73 Å². The summed E-state index contributed by atoms with van der Waals surface area (Å²) in [4.78, 5) is 2.28. The van der Waals surface area contributed by atoms with Gasteiger partial charge in [0.1, 0.15) is 0 Å². The summed E-state index contributed by atoms with van der Waals surface area (Å²) in [6.07, 6.45) is 1.98. The molecule has 0 spiro atoms. The fourth-order valence-electron chi connectivity index (χ4n) is 3.25. The molecule has 2 atom stereocenters. The number of nitrogens with two attached hydrogens (primary N) is 1. The van der Waals surface area contributed by atoms with Gasteiger partial charge < -0.3 is 10.6 Å². The van der Waals surface area contributed by atoms with E-state index >= 15 is 0 Å². The van der Waals surface area contributed by atoms with Gasteiger partial charge in [-0.2, -0.15) is 5.10 Å². The summed E-state index contributed by atoms with van der Waals surface area (Å²) in [6.45, 7) is 4.03. The van der Waals surface area contributed by atoms with E-state index in [1.807, 2.05) is 32.3 Å². The number of piperidine rings is 1. The van der Waals surface area contributed by atoms with E-state index in [0.717, 1.165) is 35.9 Å². The highest BCUT2D eigenvalue weighted by atomic mass is 35.5. The van der Waals surface area contributed by atoms with Crippen LogP contribution in [0.5, 0.6) is 0 Å². The van der Waals surface area contributed by atoms with Crippen LogP contribution in [-0.4, -0.2) is 39.1 Å². The van der Waals surface area contributed by atoms with Crippen LogP contribution in [0.25, 0.3) is 11.3 Å². The van der Waals surface area contributed by atoms with E-state index in [1.165, 1.54) is 0 Å². The molecule has 6 nitrogen and oxygen atoms in total. The van der Waals surface area contributed by atoms with Crippen molar-refractivity contribution in [3.05, 3.63) is 24.0 Å². The third-order valence-corrected chi connectivity index (χ3v) is 4.52. The fourth-order valence-corrected chi connectivity index (χ4v) is 3.25. The van der Waals surface area contributed by atoms with Gasteiger partial charge in [-0.25, -0.2) is 0 Å². The van der Waals surface area contributed by atoms with Crippen LogP contribution >= 0.6 is 24.8 Å². The first kappa shape index (κ1) is 17.0. The summed E-state index contributed by atoms with van der Waals surface area (Å²) in [7, 11) is 1.91. The van der Waals surface area contributed by atoms with Gasteiger partial charge in [-0.3, -0.25) is 4.68 Å². The predicted octanol–water partition coefficient (Wildman–Crippen LogP) is 1.42. The minimum Gasteiger partial charge on any atom is -0.354 e. The topological polar surface area (TPSA) is 72.9 Å². The molecule has 120 valence electrons. The van der Waals surface area contributed by atoms with Crippen LogP contribution in [0.2, 0.25) is 0 Å². The van der Waals surface area contributed by atoms with E-state index in [0.29, 0.717) is 17.9 Å². The smallest absolute Gasteiger partial charge is 0.151 e. The van der Waals surface area contributed by atoms with Crippen LogP contribution < -0.4 is 10.6 Å². The van der Waals surface area contributed by atoms with Crippen molar-refractivity contribution in [1.82, 2.24) is 20.0 Å². The average Bonchev–Trinajstić information content (AvgIpc) is 2.84. The molecule has 1 saturated carbocycles. The molecule has 2 aromatic heterocycles. The quantitative estimate of drug-likeness (QED) is 0.893. The molecule has 2 aliphatic rings. The number of rotatable bonds is 2. The van der Waals surface area contributed by atoms with Crippen LogP contribution in [0.15, 0.2) is 18.3 Å². The second kappa shape index (κ2) is 6.02. The lowest BCUT2D eigenvalue weighted by Gasteiger charge is -2.19. The van der Waals surface area contributed by atoms with Crippen LogP contribution in [0.1, 0.15) is 5.69 Å². The number of aryl methyl sites for hydroxylation is 2. The number of hydrogen-bond acceptors (Lipinski definition) is 5. The summed E-state index contributed by atoms with van der Waals surface area (Å²) >= 11 is 0. The first-order valence-corrected chi connectivity index (χ1v) is 6.98. The van der Waals surface area contributed by atoms with Crippen molar-refractivity contribution in [2.75, 3.05) is 18.0 Å². The molecule has 1 aliphatic heterocycles. The molecule has 4 rings (SSSR count). The van der Waals surface area contributed by atoms with Crippen LogP contribution in [0.3, 0.4) is 0 Å². The molecule has 2 N–H and O–H groups in total. The van der Waals surface area contributed by atoms with Gasteiger partial charge in [0.2, 0.25) is 0 Å². The maximum absolute atomic E-state index is 5.96. The standard InChI is InChI=1S/C14H18N6.2ClH/c1-8-9(5-19(2)18-8)12-3-4-13(17-16-12)20-6-10-11(7-20)14(10)15;;/h3-5,10-11,14H,6-7,15H2,1-2H3;2*1H. The molecular formula is C14H20Cl2N6. The second-order valence-electron chi connectivity index (χ2n) is 5.89. The van der Waals surface area contributed by atoms with Crippen LogP contribution in [0.4, 0.5) is 5.82 Å². The Morgan fingerprint density at radius 2 is 1.82 bits per heavy atom. The van der Waals surface area contributed by atoms with E-state index < -0.39 is 0 Å². The molecule has 3 heterocycles. The zero-order valence-electron chi connectivity index (χ0n) is 12.5. The summed E-state index contributed by atoms with van der Waals surface area (Å²) in [6, 6.07) is 4.48. The van der Waals surface area contributed by atoms with Crippen molar-refractivity contribution in [3.63, 3.8) is 0 Å². The fraction of sp³-hybridized carbons (Fsp3) is 0.500. The average molecular weight is 343 g/mol. The minimum absolute atomic E-state index is 0. The molecule has 2 fully saturated rings. The third kappa shape index (κ3) is 2.66. The summed E-state index contributed by atoms with van der Waals surface area (Å²) in [5.74, 6) is 2.28. The Kier molecular flexibility index (Phi) is 4.65. The van der Waals surface area contributed by atoms with Crippen molar-refractivity contribution in [2.45, 2.75) is 13.0 Å². The molecule has 22 heavy (non-hydrogen) atoms. The van der Waals surface area contributed by atoms with E-state index in [2.05, 4.69) is 20.2 Å². The number of anilines is 1. The predicted molar refractivity (Wildman–Crippen MR) is 90.6 cm³/mol. The Labute approximate surface area is 141 Å². The number of hydrogen-bond donors (Lipinski definition) is 1. The van der Waals surface area contributed by atoms with Gasteiger partial charge in [-0.1, -0.05) is 0 Å². The van der Waals surface area contributed by atoms with Gasteiger partial charge in [-0.05, 0) is 30.9 Å². The molecule has 8 heteroatoms. The number of nitrogens with zero attached hydrogens (tertiary/aromatic N) is 5. The molecule has 2 aromatic rings. The van der Waals surface area contributed by atoms with Crippen molar-refractivity contribution < 1.29 is 0 Å². The largest absolute Gasteiger partial charge is 0.354 e. The third-order valence-electron chi connectivity index (χ3n) is 4.52. The zero-order chi connectivity index (χ0) is 13.9. The Morgan fingerprint density at radius 1 is 1.14 bits per heavy atom. The van der Waals surface area contributed by atoms with Gasteiger partial charge in [0.25, 0.3) is 0 Å². The van der Waals surface area contributed by atoms with Crippen molar-refractivity contribution in [1.29, 1.82) is 0 Å². The number of halogens is 2. The van der Waals surface area contributed by atoms with Crippen molar-refractivity contribution >= 4 is 30.6 Å². The second-order valence-corrected chi connectivity index (χ2v) is 5.89. The number of fused-ring (bicyclic) bond motifs is 1. The lowest BCUT2D eigenvalue weighted by atomic mass is 10.2. The zero-order valence-corrected chi connectivity index (χ0v) is 14.1. The van der Waals surface area contributed by atoms with Crippen molar-refractivity contribution in [3.8, 4) is 11.3 Å². The highest BCUT2D eigenvalue weighted by Gasteiger charge is 2.53. The van der Waals surface area contributed by atoms with Gasteiger partial charge in [0.05, 0.1) is 11.4 Å². The van der Waals surface area contributed by atoms with Crippen LogP contribution in [-0.2, 0) is 7.05 Å². The van der Waals surface area contributed by atoms with E-state index in [-0.39, 0.29) is 24.8 Å². The highest BCUT2D eigenvalue weighted by molar-refractivity contribution is 5.85. The SMILES string of the molecule is Cc1nn(C)cc1-c1ccc(N2CC3C(N)C3C2)nn1.Cl.Cl. The summed E-state index contributed by atoms with van der Waals surface area (Å²) in [5.41, 5.74) is 8.85. The van der Waals surface area contributed by atoms with Gasteiger partial charge in [0, 0.05) is 37.9 Å². The minimum atomic E-state index is 0. The molecule has 0 radical (unpaired) electrons. The van der Waals surface area contributed by atoms with Crippen molar-refractivity contribution in [2.24, 2.45) is 24.6 Å². The first-order chi connectivity index (χ1) is 9.63. The van der Waals surface area contributed by atoms with Gasteiger partial charge >= 0.3 is 0 Å². The molecule has 1 aliphatic carbocycles. The maximum atomic E-state index is 5.96. The number of aromatic nitrogens is 4. The highest BCUT2D eigenvalue weighted by Crippen LogP contribution is 2.44. The Morgan fingerprint density at radius 3 is 2.32 bits per heavy atom. The monoisotopic (exact) mass is 342 g/mol. The molecule has 1 saturated heterocycles. The molecular weight excluding hydrogens is 323 g/mol. The Hall–Kier alpha value is -1.37. The van der Waals surface area contributed by atoms with Gasteiger partial charge in [0.15, 0.2) is 5.82 Å². The van der Waals surface area contributed by atoms with E-state index in [1.54, 1.807) is 4.68 Å². The van der Waals surface area contributed by atoms with E-state index in [9.17, 15) is 0 Å².